The van der Waals surface area contributed by atoms with Gasteiger partial charge in [-0.2, -0.15) is 0 Å². The van der Waals surface area contributed by atoms with Crippen LogP contribution in [0.15, 0.2) is 122 Å². The molecule has 45 heteroatoms. The molecule has 141 heavy (non-hydrogen) atoms. The number of guanidine groups is 1. The number of para-hydroxylation sites is 1. The molecule has 12 atom stereocenters. The number of likely N-dealkylation sites (tertiary alicyclic amines) is 1. The zero-order valence-electron chi connectivity index (χ0n) is 77.8. The van der Waals surface area contributed by atoms with Crippen LogP contribution in [0.25, 0.3) is 10.9 Å². The fourth-order valence-electron chi connectivity index (χ4n) is 18.7. The number of phenols is 3. The van der Waals surface area contributed by atoms with Gasteiger partial charge in [0.1, 0.15) is 83.1 Å². The van der Waals surface area contributed by atoms with E-state index in [1.165, 1.54) is 72.0 Å². The lowest BCUT2D eigenvalue weighted by Gasteiger charge is -2.36. The number of nitrogens with one attached hydrogen (secondary N) is 15. The summed E-state index contributed by atoms with van der Waals surface area (Å²) in [5.41, 5.74) is 14.6. The fraction of sp³-hybridized carbons (Fsp3) is 0.458. The Morgan fingerprint density at radius 2 is 1.24 bits per heavy atom. The van der Waals surface area contributed by atoms with Gasteiger partial charge in [-0.05, 0) is 166 Å². The number of carbonyl (C=O) groups excluding carboxylic acids is 14. The number of aliphatic hydroxyl groups excluding tert-OH is 1. The van der Waals surface area contributed by atoms with Crippen molar-refractivity contribution in [1.82, 2.24) is 98.6 Å². The van der Waals surface area contributed by atoms with Gasteiger partial charge in [0.15, 0.2) is 11.6 Å². The number of hydrogen-bond acceptors (Lipinski definition) is 27. The number of ether oxygens (including phenoxy) is 5. The molecule has 4 aliphatic heterocycles. The first-order valence-electron chi connectivity index (χ1n) is 47.1. The van der Waals surface area contributed by atoms with Crippen LogP contribution < -0.4 is 80.0 Å². The van der Waals surface area contributed by atoms with Crippen LogP contribution >= 0.6 is 0 Å². The molecule has 23 N–H and O–H groups in total. The number of aromatic hydroxyl groups is 3. The molecule has 7 heterocycles. The van der Waals surface area contributed by atoms with Crippen molar-refractivity contribution in [3.05, 3.63) is 178 Å². The second kappa shape index (κ2) is 46.9. The quantitative estimate of drug-likeness (QED) is 0.0105. The van der Waals surface area contributed by atoms with Crippen LogP contribution in [-0.2, 0) is 116 Å². The molecule has 5 aromatic carbocycles. The Bertz CT molecular complexity index is 5880. The summed E-state index contributed by atoms with van der Waals surface area (Å²) in [7, 11) is 0. The summed E-state index contributed by atoms with van der Waals surface area (Å²) in [5, 5.41) is 91.9. The molecule has 0 bridgehead atoms. The summed E-state index contributed by atoms with van der Waals surface area (Å²) in [5.74, 6) is -10.1. The van der Waals surface area contributed by atoms with Gasteiger partial charge in [-0.3, -0.25) is 62.9 Å². The Morgan fingerprint density at radius 1 is 0.617 bits per heavy atom. The van der Waals surface area contributed by atoms with Gasteiger partial charge in [-0.1, -0.05) is 55.5 Å². The number of fused-ring (bicyclic) bond motifs is 9. The zero-order valence-corrected chi connectivity index (χ0v) is 77.8. The van der Waals surface area contributed by atoms with Gasteiger partial charge < -0.3 is 134 Å². The highest BCUT2D eigenvalue weighted by Gasteiger charge is 2.55. The smallest absolute Gasteiger partial charge is 0.407 e. The first kappa shape index (κ1) is 102. The lowest BCUT2D eigenvalue weighted by molar-refractivity contribution is -0.142. The molecule has 750 valence electrons. The molecule has 3 fully saturated rings. The number of rotatable bonds is 47. The molecular formula is C96H118N22O23. The number of aromatic amines is 2. The largest absolute Gasteiger partial charge is 0.508 e. The maximum atomic E-state index is 15.5. The number of esters is 1. The highest BCUT2D eigenvalue weighted by molar-refractivity contribution is 6.03. The number of carbonyl (C=O) groups is 14. The minimum atomic E-state index is -1.86. The molecule has 1 spiro atoms. The first-order chi connectivity index (χ1) is 67.9. The van der Waals surface area contributed by atoms with E-state index in [2.05, 4.69) is 89.1 Å². The third kappa shape index (κ3) is 25.8. The van der Waals surface area contributed by atoms with E-state index in [1.54, 1.807) is 73.3 Å². The van der Waals surface area contributed by atoms with Crippen LogP contribution in [0, 0.1) is 29.1 Å². The average Bonchev–Trinajstić information content (AvgIpc) is 1.57. The van der Waals surface area contributed by atoms with E-state index >= 15 is 14.4 Å². The number of primary amides is 1. The minimum Gasteiger partial charge on any atom is -0.508 e. The number of alkyl carbamates (subject to hydrolysis) is 1. The van der Waals surface area contributed by atoms with Crippen molar-refractivity contribution in [1.29, 1.82) is 5.41 Å². The number of aliphatic hydroxyl groups is 1. The molecule has 8 aromatic rings. The molecule has 6 aliphatic rings. The molecular weight excluding hydrogens is 1830 g/mol. The van der Waals surface area contributed by atoms with Gasteiger partial charge in [-0.15, -0.1) is 5.10 Å². The summed E-state index contributed by atoms with van der Waals surface area (Å²) < 4.78 is 30.9. The Hall–Kier alpha value is -15.3. The maximum Gasteiger partial charge on any atom is 0.407 e. The zero-order chi connectivity index (χ0) is 100. The number of aryl methyl sites for hydroxylation is 2. The summed E-state index contributed by atoms with van der Waals surface area (Å²) in [6, 6.07) is 13.5. The van der Waals surface area contributed by atoms with Crippen LogP contribution in [0.1, 0.15) is 150 Å². The van der Waals surface area contributed by atoms with Gasteiger partial charge in [-0.25, -0.2) is 19.3 Å². The molecule has 1 unspecified atom stereocenters. The van der Waals surface area contributed by atoms with Crippen molar-refractivity contribution >= 4 is 99.8 Å². The van der Waals surface area contributed by atoms with Gasteiger partial charge in [0.05, 0.1) is 75.2 Å². The van der Waals surface area contributed by atoms with Crippen LogP contribution in [-0.4, -0.2) is 271 Å². The van der Waals surface area contributed by atoms with Crippen molar-refractivity contribution in [2.24, 2.45) is 35.1 Å². The van der Waals surface area contributed by atoms with E-state index in [0.717, 1.165) is 11.4 Å². The number of amides is 13. The third-order valence-corrected chi connectivity index (χ3v) is 25.9. The van der Waals surface area contributed by atoms with Crippen LogP contribution in [0.2, 0.25) is 0 Å². The Morgan fingerprint density at radius 3 is 1.91 bits per heavy atom. The monoisotopic (exact) mass is 1950 g/mol. The topological polar surface area (TPSA) is 665 Å². The normalized spacial score (nSPS) is 18.2. The van der Waals surface area contributed by atoms with Crippen LogP contribution in [0.3, 0.4) is 0 Å². The van der Waals surface area contributed by atoms with E-state index < -0.39 is 150 Å². The Kier molecular flexibility index (Phi) is 33.8. The second-order valence-corrected chi connectivity index (χ2v) is 36.2. The van der Waals surface area contributed by atoms with Crippen LogP contribution in [0.5, 0.6) is 28.7 Å². The number of imidazole rings is 1. The number of nitrogens with zero attached hydrogens (tertiary/aromatic N) is 5. The predicted molar refractivity (Wildman–Crippen MR) is 501 cm³/mol. The van der Waals surface area contributed by atoms with Gasteiger partial charge in [0, 0.05) is 116 Å². The molecule has 14 rings (SSSR count). The number of nitrogens with two attached hydrogens (primary N) is 2. The molecule has 3 aromatic heterocycles. The lowest BCUT2D eigenvalue weighted by Crippen LogP contribution is -2.61. The molecule has 2 saturated heterocycles. The molecule has 13 amide bonds. The number of phenolic OH excluding ortho intramolecular Hbond substituents is 3. The molecule has 2 aliphatic carbocycles. The molecule has 1 saturated carbocycles. The van der Waals surface area contributed by atoms with Gasteiger partial charge in [0.25, 0.3) is 5.91 Å². The van der Waals surface area contributed by atoms with Crippen molar-refractivity contribution in [2.45, 2.75) is 183 Å². The Labute approximate surface area is 808 Å². The summed E-state index contributed by atoms with van der Waals surface area (Å²) in [6.45, 7) is 3.37. The summed E-state index contributed by atoms with van der Waals surface area (Å²) in [6.07, 6.45) is 6.47. The van der Waals surface area contributed by atoms with Gasteiger partial charge >= 0.3 is 12.1 Å². The highest BCUT2D eigenvalue weighted by atomic mass is 16.6. The number of benzene rings is 5. The van der Waals surface area contributed by atoms with E-state index in [0.29, 0.717) is 76.5 Å². The summed E-state index contributed by atoms with van der Waals surface area (Å²) >= 11 is 0. The van der Waals surface area contributed by atoms with E-state index in [9.17, 15) is 73.2 Å². The number of hydrogen-bond donors (Lipinski definition) is 21. The number of aromatic nitrogens is 6. The Balaban J connectivity index is 0.607. The van der Waals surface area contributed by atoms with Crippen molar-refractivity contribution in [3.8, 4) is 28.7 Å². The van der Waals surface area contributed by atoms with Crippen LogP contribution in [0.4, 0.5) is 4.79 Å². The highest BCUT2D eigenvalue weighted by Crippen LogP contribution is 2.58. The SMILES string of the molecule is CC(C)C[C@H](NC(=O)[C@@H](CCCn1nnc2c1CC[C@H]1C(CC2)[C@H]1COC(=O)NCCOCCOCCNC(=O)c1ccc2c(c1)C(=O)OC21c2ccc(O)cc2Oc2cc(O)ccc21)NC(=O)[C@H](Cc1ccc(O)cc1)NC(=O)[C@H](CO)NC(=O)[C@H](Cc1c[nH]c2ccccc12)NC(=O)[C@H](Cc1c[nH]cn1)NC(=O)[C@@H]1CCC(=O)N1)C(=O)N[C@@H](CCCNC(=N)N)C(=O)N1CCC[C@H]1C(=O)NCC(N)=O. The lowest BCUT2D eigenvalue weighted by atomic mass is 9.77. The first-order valence-corrected chi connectivity index (χ1v) is 47.1. The van der Waals surface area contributed by atoms with Crippen molar-refractivity contribution in [3.63, 3.8) is 0 Å². The van der Waals surface area contributed by atoms with Crippen molar-refractivity contribution in [2.75, 3.05) is 72.4 Å². The standard InChI is InChI=1S/C96H118N22O23/c1-51(2)38-72(86(128)109-71(10-5-29-102-94(98)99)92(134)117-32-7-12-78(117)91(133)105-47-81(97)123)110-84(126)69(108-87(129)73(39-52-13-16-56(120)17-14-52)111-90(132)76(48-119)114-88(130)74(41-54-45-104-67-9-4-3-8-59(54)67)112-89(131)75(42-55-46-100-50-106-55)113-85(127)70-26-28-82(124)107-70)11-6-33-118-77-27-21-61-60(20-25-68(77)115-116-118)63(61)49-139-95(136)103-31-35-138-37-36-137-34-30-101-83(125)53-15-22-64-62(40-53)93(135)141-96(64)65-23-18-57(121)43-79(65)140-80-44-58(122)19-24-66(80)96/h3-4,8-9,13-19,22-24,40,43-46,50-51,60-61,63,69-76,78,104,119-122H,5-7,10-12,20-21,25-39,41-42,47-49H2,1-2H3,(H2,97,123)(H,100,106)(H,101,125)(H,103,136)(H,105,133)(H,107,124)(H,108,129)(H,109,128)(H,110,126)(H,111,132)(H,112,131)(H,113,127)(H,114,130)(H4,98,99,102)/t60?,61-,63+,69+,70-,71-,72-,73-,74-,75-,76-,78-/m0/s1. The maximum absolute atomic E-state index is 15.5. The molecule has 0 radical (unpaired) electrons. The average molecular weight is 1950 g/mol. The predicted octanol–water partition coefficient (Wildman–Crippen LogP) is 0.172. The van der Waals surface area contributed by atoms with E-state index in [1.807, 2.05) is 0 Å². The third-order valence-electron chi connectivity index (χ3n) is 25.9. The van der Waals surface area contributed by atoms with E-state index in [-0.39, 0.29) is 212 Å². The minimum absolute atomic E-state index is 0.0324. The van der Waals surface area contributed by atoms with Gasteiger partial charge in [0.2, 0.25) is 65.0 Å². The second-order valence-electron chi connectivity index (χ2n) is 36.2. The number of H-pyrrole nitrogens is 2. The van der Waals surface area contributed by atoms with E-state index in [4.69, 9.17) is 40.6 Å². The fourth-order valence-corrected chi connectivity index (χ4v) is 18.7. The summed E-state index contributed by atoms with van der Waals surface area (Å²) in [4.78, 5) is 208. The van der Waals surface area contributed by atoms with Crippen molar-refractivity contribution < 1.29 is 111 Å². The molecule has 45 nitrogen and oxygen atoms in total.